The molecule has 5 nitrogen and oxygen atoms in total. The van der Waals surface area contributed by atoms with Crippen molar-refractivity contribution in [2.24, 2.45) is 0 Å². The number of allylic oxidation sites excluding steroid dienone is 1. The van der Waals surface area contributed by atoms with Crippen LogP contribution in [0.1, 0.15) is 29.9 Å². The van der Waals surface area contributed by atoms with Crippen LogP contribution in [0.5, 0.6) is 0 Å². The fraction of sp³-hybridized carbons (Fsp3) is 0.208. The predicted molar refractivity (Wildman–Crippen MR) is 113 cm³/mol. The molecule has 0 fully saturated rings. The molecule has 0 saturated heterocycles. The number of pyridine rings is 1. The summed E-state index contributed by atoms with van der Waals surface area (Å²) in [6.07, 6.45) is 1.57. The summed E-state index contributed by atoms with van der Waals surface area (Å²) in [7, 11) is 1.94. The SMILES string of the molecule is CN1C(=CC(=O)COC(=O)c2ccc3ccccc3n2)C(C)(C)c2ccccc21. The van der Waals surface area contributed by atoms with Gasteiger partial charge in [-0.15, -0.1) is 0 Å². The van der Waals surface area contributed by atoms with E-state index in [-0.39, 0.29) is 23.5 Å². The molecule has 1 aromatic heterocycles. The summed E-state index contributed by atoms with van der Waals surface area (Å²) in [4.78, 5) is 31.2. The van der Waals surface area contributed by atoms with Crippen LogP contribution >= 0.6 is 0 Å². The third-order valence-electron chi connectivity index (χ3n) is 5.39. The van der Waals surface area contributed by atoms with Gasteiger partial charge in [0.25, 0.3) is 0 Å². The predicted octanol–water partition coefficient (Wildman–Crippen LogP) is 4.27. The number of ether oxygens (including phenoxy) is 1. The second kappa shape index (κ2) is 7.17. The molecule has 3 aromatic rings. The number of carbonyl (C=O) groups excluding carboxylic acids is 2. The number of rotatable bonds is 4. The summed E-state index contributed by atoms with van der Waals surface area (Å²) >= 11 is 0. The van der Waals surface area contributed by atoms with Crippen molar-refractivity contribution in [1.82, 2.24) is 4.98 Å². The third kappa shape index (κ3) is 3.40. The molecule has 0 N–H and O–H groups in total. The second-order valence-electron chi connectivity index (χ2n) is 7.66. The minimum atomic E-state index is -0.607. The van der Waals surface area contributed by atoms with Gasteiger partial charge in [-0.2, -0.15) is 0 Å². The van der Waals surface area contributed by atoms with Crippen molar-refractivity contribution in [2.45, 2.75) is 19.3 Å². The lowest BCUT2D eigenvalue weighted by Gasteiger charge is -2.23. The molecule has 2 heterocycles. The Bertz CT molecular complexity index is 1150. The first kappa shape index (κ1) is 18.9. The average Bonchev–Trinajstić information content (AvgIpc) is 2.92. The number of anilines is 1. The van der Waals surface area contributed by atoms with E-state index in [1.807, 2.05) is 60.5 Å². The first-order valence-electron chi connectivity index (χ1n) is 9.49. The molecular formula is C24H22N2O3. The first-order valence-corrected chi connectivity index (χ1v) is 9.49. The van der Waals surface area contributed by atoms with Crippen LogP contribution in [0.2, 0.25) is 0 Å². The molecule has 0 aliphatic carbocycles. The molecule has 0 unspecified atom stereocenters. The summed E-state index contributed by atoms with van der Waals surface area (Å²) in [5.74, 6) is -0.869. The zero-order valence-electron chi connectivity index (χ0n) is 16.7. The van der Waals surface area contributed by atoms with E-state index in [2.05, 4.69) is 24.9 Å². The summed E-state index contributed by atoms with van der Waals surface area (Å²) in [5.41, 5.74) is 3.72. The lowest BCUT2D eigenvalue weighted by molar-refractivity contribution is -0.117. The van der Waals surface area contributed by atoms with E-state index in [0.29, 0.717) is 5.52 Å². The average molecular weight is 386 g/mol. The lowest BCUT2D eigenvalue weighted by Crippen LogP contribution is -2.25. The minimum Gasteiger partial charge on any atom is -0.453 e. The quantitative estimate of drug-likeness (QED) is 0.495. The number of hydrogen-bond donors (Lipinski definition) is 0. The summed E-state index contributed by atoms with van der Waals surface area (Å²) in [6, 6.07) is 19.0. The highest BCUT2D eigenvalue weighted by molar-refractivity contribution is 5.96. The van der Waals surface area contributed by atoms with Crippen LogP contribution in [0.3, 0.4) is 0 Å². The maximum atomic E-state index is 12.5. The topological polar surface area (TPSA) is 59.5 Å². The van der Waals surface area contributed by atoms with Crippen LogP contribution in [0.4, 0.5) is 5.69 Å². The van der Waals surface area contributed by atoms with Crippen molar-refractivity contribution in [2.75, 3.05) is 18.6 Å². The van der Waals surface area contributed by atoms with Gasteiger partial charge in [-0.1, -0.05) is 56.3 Å². The van der Waals surface area contributed by atoms with Crippen molar-refractivity contribution in [3.63, 3.8) is 0 Å². The molecule has 5 heteroatoms. The zero-order chi connectivity index (χ0) is 20.6. The molecule has 1 aliphatic heterocycles. The van der Waals surface area contributed by atoms with Gasteiger partial charge in [-0.25, -0.2) is 9.78 Å². The molecule has 2 aromatic carbocycles. The number of carbonyl (C=O) groups is 2. The Balaban J connectivity index is 1.48. The molecule has 0 saturated carbocycles. The number of nitrogens with zero attached hydrogens (tertiary/aromatic N) is 2. The first-order chi connectivity index (χ1) is 13.9. The monoisotopic (exact) mass is 386 g/mol. The van der Waals surface area contributed by atoms with Crippen LogP contribution in [-0.4, -0.2) is 30.4 Å². The number of hydrogen-bond acceptors (Lipinski definition) is 5. The fourth-order valence-corrected chi connectivity index (χ4v) is 3.84. The van der Waals surface area contributed by atoms with Crippen LogP contribution in [0.15, 0.2) is 72.4 Å². The second-order valence-corrected chi connectivity index (χ2v) is 7.66. The van der Waals surface area contributed by atoms with Gasteiger partial charge < -0.3 is 9.64 Å². The largest absolute Gasteiger partial charge is 0.453 e. The number of esters is 1. The molecule has 4 rings (SSSR count). The Morgan fingerprint density at radius 3 is 2.55 bits per heavy atom. The standard InChI is InChI=1S/C24H22N2O3/c1-24(2)18-9-5-7-11-21(18)26(3)22(24)14-17(27)15-29-23(28)20-13-12-16-8-4-6-10-19(16)25-20/h4-14H,15H2,1-3H3. The lowest BCUT2D eigenvalue weighted by atomic mass is 9.83. The number of likely N-dealkylation sites (N-methyl/N-ethyl adjacent to an activating group) is 1. The number of ketones is 1. The van der Waals surface area contributed by atoms with E-state index in [1.165, 1.54) is 5.56 Å². The van der Waals surface area contributed by atoms with Crippen molar-refractivity contribution in [3.8, 4) is 0 Å². The van der Waals surface area contributed by atoms with Crippen LogP contribution in [-0.2, 0) is 14.9 Å². The van der Waals surface area contributed by atoms with Gasteiger partial charge >= 0.3 is 5.97 Å². The van der Waals surface area contributed by atoms with Crippen molar-refractivity contribution in [1.29, 1.82) is 0 Å². The van der Waals surface area contributed by atoms with Gasteiger partial charge in [0.1, 0.15) is 5.69 Å². The van der Waals surface area contributed by atoms with E-state index >= 15 is 0 Å². The Labute approximate surface area is 169 Å². The van der Waals surface area contributed by atoms with Crippen molar-refractivity contribution < 1.29 is 14.3 Å². The number of aromatic nitrogens is 1. The van der Waals surface area contributed by atoms with Gasteiger partial charge in [0.15, 0.2) is 12.4 Å². The van der Waals surface area contributed by atoms with Crippen LogP contribution < -0.4 is 4.90 Å². The number of fused-ring (bicyclic) bond motifs is 2. The molecular weight excluding hydrogens is 364 g/mol. The van der Waals surface area contributed by atoms with Gasteiger partial charge in [0.2, 0.25) is 0 Å². The molecule has 1 aliphatic rings. The Morgan fingerprint density at radius 2 is 1.76 bits per heavy atom. The van der Waals surface area contributed by atoms with Gasteiger partial charge in [-0.3, -0.25) is 4.79 Å². The van der Waals surface area contributed by atoms with E-state index in [0.717, 1.165) is 16.8 Å². The smallest absolute Gasteiger partial charge is 0.357 e. The fourth-order valence-electron chi connectivity index (χ4n) is 3.84. The maximum absolute atomic E-state index is 12.5. The Morgan fingerprint density at radius 1 is 1.03 bits per heavy atom. The molecule has 146 valence electrons. The molecule has 0 amide bonds. The van der Waals surface area contributed by atoms with Gasteiger partial charge in [0.05, 0.1) is 5.52 Å². The number of para-hydroxylation sites is 2. The Kier molecular flexibility index (Phi) is 4.66. The van der Waals surface area contributed by atoms with E-state index in [1.54, 1.807) is 12.1 Å². The molecule has 29 heavy (non-hydrogen) atoms. The highest BCUT2D eigenvalue weighted by Crippen LogP contribution is 2.46. The highest BCUT2D eigenvalue weighted by Gasteiger charge is 2.38. The molecule has 0 atom stereocenters. The molecule has 0 bridgehead atoms. The normalized spacial score (nSPS) is 16.1. The zero-order valence-corrected chi connectivity index (χ0v) is 16.7. The Hall–Kier alpha value is -3.47. The summed E-state index contributed by atoms with van der Waals surface area (Å²) in [6.45, 7) is 3.84. The van der Waals surface area contributed by atoms with Gasteiger partial charge in [0, 0.05) is 35.3 Å². The van der Waals surface area contributed by atoms with E-state index in [9.17, 15) is 9.59 Å². The minimum absolute atomic E-state index is 0.190. The van der Waals surface area contributed by atoms with Gasteiger partial charge in [-0.05, 0) is 23.8 Å². The summed E-state index contributed by atoms with van der Waals surface area (Å²) < 4.78 is 5.22. The molecule has 0 spiro atoms. The summed E-state index contributed by atoms with van der Waals surface area (Å²) in [5, 5.41) is 0.941. The maximum Gasteiger partial charge on any atom is 0.357 e. The van der Waals surface area contributed by atoms with Crippen molar-refractivity contribution in [3.05, 3.63) is 83.7 Å². The van der Waals surface area contributed by atoms with Crippen molar-refractivity contribution >= 4 is 28.3 Å². The number of benzene rings is 2. The third-order valence-corrected chi connectivity index (χ3v) is 5.39. The molecule has 0 radical (unpaired) electrons. The highest BCUT2D eigenvalue weighted by atomic mass is 16.5. The van der Waals surface area contributed by atoms with Crippen LogP contribution in [0, 0.1) is 0 Å². The van der Waals surface area contributed by atoms with E-state index < -0.39 is 5.97 Å². The van der Waals surface area contributed by atoms with E-state index in [4.69, 9.17) is 4.74 Å². The van der Waals surface area contributed by atoms with Crippen LogP contribution in [0.25, 0.3) is 10.9 Å².